The summed E-state index contributed by atoms with van der Waals surface area (Å²) in [5, 5.41) is 0. The number of benzene rings is 2. The Labute approximate surface area is 163 Å². The zero-order chi connectivity index (χ0) is 19.3. The van der Waals surface area contributed by atoms with E-state index in [0.29, 0.717) is 26.2 Å². The first kappa shape index (κ1) is 18.4. The smallest absolute Gasteiger partial charge is 0.414 e. The Morgan fingerprint density at radius 3 is 2.61 bits per heavy atom. The number of amides is 1. The van der Waals surface area contributed by atoms with Crippen LogP contribution < -0.4 is 9.80 Å². The van der Waals surface area contributed by atoms with Crippen LogP contribution in [0, 0.1) is 0 Å². The number of hydrogen-bond acceptors (Lipinski definition) is 5. The van der Waals surface area contributed by atoms with Gasteiger partial charge < -0.3 is 14.4 Å². The third kappa shape index (κ3) is 4.14. The van der Waals surface area contributed by atoms with Gasteiger partial charge in [0.1, 0.15) is 6.10 Å². The molecule has 2 aliphatic heterocycles. The van der Waals surface area contributed by atoms with Crippen molar-refractivity contribution in [1.82, 2.24) is 0 Å². The van der Waals surface area contributed by atoms with Crippen LogP contribution in [0.15, 0.2) is 59.6 Å². The van der Waals surface area contributed by atoms with E-state index >= 15 is 0 Å². The Morgan fingerprint density at radius 2 is 1.86 bits per heavy atom. The number of anilines is 2. The molecule has 146 valence electrons. The molecule has 1 amide bonds. The van der Waals surface area contributed by atoms with Gasteiger partial charge in [-0.05, 0) is 29.8 Å². The molecule has 2 aromatic carbocycles. The number of cyclic esters (lactones) is 1. The maximum absolute atomic E-state index is 14.0. The van der Waals surface area contributed by atoms with Crippen molar-refractivity contribution < 1.29 is 18.7 Å². The minimum absolute atomic E-state index is 0.0748. The Balaban J connectivity index is 1.36. The Hall–Kier alpha value is -2.93. The van der Waals surface area contributed by atoms with Crippen molar-refractivity contribution in [3.05, 3.63) is 60.2 Å². The zero-order valence-electron chi connectivity index (χ0n) is 15.4. The maximum Gasteiger partial charge on any atom is 0.414 e. The van der Waals surface area contributed by atoms with Crippen molar-refractivity contribution >= 4 is 23.7 Å². The first-order valence-electron chi connectivity index (χ1n) is 9.32. The summed E-state index contributed by atoms with van der Waals surface area (Å²) < 4.78 is 24.5. The highest BCUT2D eigenvalue weighted by Crippen LogP contribution is 2.27. The van der Waals surface area contributed by atoms with Gasteiger partial charge in [-0.15, -0.1) is 0 Å². The number of morpholine rings is 1. The van der Waals surface area contributed by atoms with E-state index in [1.54, 1.807) is 16.0 Å². The largest absolute Gasteiger partial charge is 0.442 e. The molecule has 2 aliphatic rings. The number of rotatable bonds is 5. The second-order valence-corrected chi connectivity index (χ2v) is 6.74. The highest BCUT2D eigenvalue weighted by molar-refractivity contribution is 5.90. The van der Waals surface area contributed by atoms with E-state index in [9.17, 15) is 9.18 Å². The summed E-state index contributed by atoms with van der Waals surface area (Å²) in [5.41, 5.74) is 2.51. The summed E-state index contributed by atoms with van der Waals surface area (Å²) in [6, 6.07) is 17.1. The standard InChI is InChI=1S/C21H22FN3O3/c22-20-15-27-11-10-24(20)17-6-8-18(9-7-17)25-14-19(28-21(25)26)13-23-12-16-4-2-1-3-5-16/h1-9,12,19-20H,10-11,13-15H2/t19-,20+/m0/s1. The van der Waals surface area contributed by atoms with Crippen molar-refractivity contribution in [2.75, 3.05) is 42.6 Å². The predicted octanol–water partition coefficient (Wildman–Crippen LogP) is 3.26. The number of carbonyl (C=O) groups is 1. The molecule has 6 nitrogen and oxygen atoms in total. The fourth-order valence-corrected chi connectivity index (χ4v) is 3.33. The first-order valence-corrected chi connectivity index (χ1v) is 9.32. The molecule has 0 unspecified atom stereocenters. The normalized spacial score (nSPS) is 22.7. The van der Waals surface area contributed by atoms with Crippen molar-refractivity contribution in [2.24, 2.45) is 4.99 Å². The SMILES string of the molecule is O=C1O[C@@H](CN=Cc2ccccc2)CN1c1ccc(N2CCOC[C@@H]2F)cc1. The zero-order valence-corrected chi connectivity index (χ0v) is 15.4. The minimum atomic E-state index is -1.15. The predicted molar refractivity (Wildman–Crippen MR) is 106 cm³/mol. The van der Waals surface area contributed by atoms with Crippen molar-refractivity contribution in [3.63, 3.8) is 0 Å². The molecule has 0 aromatic heterocycles. The molecule has 4 rings (SSSR count). The summed E-state index contributed by atoms with van der Waals surface area (Å²) in [6.07, 6.45) is -0.0479. The van der Waals surface area contributed by atoms with E-state index in [0.717, 1.165) is 16.9 Å². The number of ether oxygens (including phenoxy) is 2. The minimum Gasteiger partial charge on any atom is -0.442 e. The van der Waals surface area contributed by atoms with Crippen LogP contribution in [-0.2, 0) is 9.47 Å². The van der Waals surface area contributed by atoms with Crippen LogP contribution in [0.3, 0.4) is 0 Å². The van der Waals surface area contributed by atoms with Gasteiger partial charge in [0.25, 0.3) is 0 Å². The van der Waals surface area contributed by atoms with Gasteiger partial charge in [0, 0.05) is 24.1 Å². The fraction of sp³-hybridized carbons (Fsp3) is 0.333. The van der Waals surface area contributed by atoms with Crippen LogP contribution in [0.2, 0.25) is 0 Å². The van der Waals surface area contributed by atoms with Crippen LogP contribution in [0.1, 0.15) is 5.56 Å². The Kier molecular flexibility index (Phi) is 5.53. The average molecular weight is 383 g/mol. The Bertz CT molecular complexity index is 829. The average Bonchev–Trinajstić information content (AvgIpc) is 3.10. The lowest BCUT2D eigenvalue weighted by Crippen LogP contribution is -2.42. The van der Waals surface area contributed by atoms with E-state index in [2.05, 4.69) is 4.99 Å². The lowest BCUT2D eigenvalue weighted by molar-refractivity contribution is 0.0497. The van der Waals surface area contributed by atoms with Crippen LogP contribution in [0.4, 0.5) is 20.6 Å². The highest BCUT2D eigenvalue weighted by atomic mass is 19.1. The van der Waals surface area contributed by atoms with Crippen LogP contribution in [0.5, 0.6) is 0 Å². The summed E-state index contributed by atoms with van der Waals surface area (Å²) in [6.45, 7) is 1.94. The van der Waals surface area contributed by atoms with Gasteiger partial charge >= 0.3 is 6.09 Å². The monoisotopic (exact) mass is 383 g/mol. The molecule has 7 heteroatoms. The molecule has 0 radical (unpaired) electrons. The number of aliphatic imine (C=N–C) groups is 1. The molecule has 0 saturated carbocycles. The maximum atomic E-state index is 14.0. The summed E-state index contributed by atoms with van der Waals surface area (Å²) >= 11 is 0. The lowest BCUT2D eigenvalue weighted by atomic mass is 10.2. The van der Waals surface area contributed by atoms with E-state index in [-0.39, 0.29) is 18.8 Å². The number of alkyl halides is 1. The van der Waals surface area contributed by atoms with Gasteiger partial charge in [-0.1, -0.05) is 30.3 Å². The molecule has 2 aromatic rings. The number of carbonyl (C=O) groups excluding carboxylic acids is 1. The molecule has 0 aliphatic carbocycles. The number of halogens is 1. The van der Waals surface area contributed by atoms with Gasteiger partial charge in [-0.3, -0.25) is 9.89 Å². The quantitative estimate of drug-likeness (QED) is 0.587. The van der Waals surface area contributed by atoms with Crippen molar-refractivity contribution in [3.8, 4) is 0 Å². The molecule has 2 atom stereocenters. The van der Waals surface area contributed by atoms with Gasteiger partial charge in [-0.25, -0.2) is 9.18 Å². The third-order valence-corrected chi connectivity index (χ3v) is 4.79. The number of hydrogen-bond donors (Lipinski definition) is 0. The van der Waals surface area contributed by atoms with Gasteiger partial charge in [0.2, 0.25) is 0 Å². The second-order valence-electron chi connectivity index (χ2n) is 6.74. The van der Waals surface area contributed by atoms with Crippen LogP contribution in [0.25, 0.3) is 0 Å². The molecule has 0 bridgehead atoms. The van der Waals surface area contributed by atoms with Gasteiger partial charge in [0.15, 0.2) is 6.30 Å². The van der Waals surface area contributed by atoms with Gasteiger partial charge in [0.05, 0.1) is 26.3 Å². The fourth-order valence-electron chi connectivity index (χ4n) is 3.33. The molecule has 0 N–H and O–H groups in total. The van der Waals surface area contributed by atoms with E-state index in [1.165, 1.54) is 0 Å². The van der Waals surface area contributed by atoms with E-state index < -0.39 is 6.30 Å². The molecule has 28 heavy (non-hydrogen) atoms. The lowest BCUT2D eigenvalue weighted by Gasteiger charge is -2.32. The highest BCUT2D eigenvalue weighted by Gasteiger charge is 2.32. The molecule has 2 saturated heterocycles. The van der Waals surface area contributed by atoms with Crippen molar-refractivity contribution in [2.45, 2.75) is 12.4 Å². The molecule has 2 heterocycles. The van der Waals surface area contributed by atoms with E-state index in [4.69, 9.17) is 9.47 Å². The summed E-state index contributed by atoms with van der Waals surface area (Å²) in [7, 11) is 0. The molecule has 0 spiro atoms. The summed E-state index contributed by atoms with van der Waals surface area (Å²) in [4.78, 5) is 19.8. The van der Waals surface area contributed by atoms with Gasteiger partial charge in [-0.2, -0.15) is 0 Å². The molecular weight excluding hydrogens is 361 g/mol. The topological polar surface area (TPSA) is 54.4 Å². The van der Waals surface area contributed by atoms with E-state index in [1.807, 2.05) is 54.6 Å². The van der Waals surface area contributed by atoms with Crippen molar-refractivity contribution in [1.29, 1.82) is 0 Å². The third-order valence-electron chi connectivity index (χ3n) is 4.79. The molecular formula is C21H22FN3O3. The second kappa shape index (κ2) is 8.39. The first-order chi connectivity index (χ1) is 13.7. The Morgan fingerprint density at radius 1 is 1.11 bits per heavy atom. The van der Waals surface area contributed by atoms with Crippen LogP contribution >= 0.6 is 0 Å². The van der Waals surface area contributed by atoms with Crippen LogP contribution in [-0.4, -0.2) is 57.6 Å². The summed E-state index contributed by atoms with van der Waals surface area (Å²) in [5.74, 6) is 0. The molecule has 2 fully saturated rings. The number of nitrogens with zero attached hydrogens (tertiary/aromatic N) is 3.